The zero-order valence-electron chi connectivity index (χ0n) is 20.0. The zero-order chi connectivity index (χ0) is 24.9. The van der Waals surface area contributed by atoms with Crippen molar-refractivity contribution in [2.45, 2.75) is 19.8 Å². The van der Waals surface area contributed by atoms with Gasteiger partial charge in [0.15, 0.2) is 5.69 Å². The molecule has 0 aliphatic carbocycles. The number of methoxy groups -OCH3 is 2. The van der Waals surface area contributed by atoms with Crippen molar-refractivity contribution in [3.05, 3.63) is 95.7 Å². The Labute approximate surface area is 203 Å². The Bertz CT molecular complexity index is 1320. The first-order valence-corrected chi connectivity index (χ1v) is 11.2. The van der Waals surface area contributed by atoms with Crippen molar-refractivity contribution in [1.82, 2.24) is 9.78 Å². The molecule has 1 aromatic heterocycles. The number of nitrogens with zero attached hydrogens (tertiary/aromatic N) is 2. The number of carbonyl (C=O) groups excluding carboxylic acids is 2. The summed E-state index contributed by atoms with van der Waals surface area (Å²) >= 11 is 0. The fourth-order valence-electron chi connectivity index (χ4n) is 3.69. The zero-order valence-corrected chi connectivity index (χ0v) is 20.0. The highest BCUT2D eigenvalue weighted by Gasteiger charge is 2.31. The molecule has 0 saturated carbocycles. The molecule has 0 atom stereocenters. The Morgan fingerprint density at radius 2 is 1.34 bits per heavy atom. The van der Waals surface area contributed by atoms with E-state index < -0.39 is 11.9 Å². The molecule has 0 radical (unpaired) electrons. The molecule has 3 aromatic carbocycles. The third-order valence-electron chi connectivity index (χ3n) is 5.56. The number of hydrogen-bond acceptors (Lipinski definition) is 6. The number of para-hydroxylation sites is 1. The van der Waals surface area contributed by atoms with Crippen LogP contribution in [0, 0.1) is 0 Å². The third-order valence-corrected chi connectivity index (χ3v) is 5.56. The Morgan fingerprint density at radius 1 is 0.771 bits per heavy atom. The minimum atomic E-state index is -0.696. The lowest BCUT2D eigenvalue weighted by molar-refractivity contribution is 0.0549. The van der Waals surface area contributed by atoms with E-state index in [1.807, 2.05) is 42.5 Å². The molecule has 178 valence electrons. The van der Waals surface area contributed by atoms with E-state index in [1.165, 1.54) is 24.5 Å². The Morgan fingerprint density at radius 3 is 1.89 bits per heavy atom. The SMILES string of the molecule is COC(=O)c1c(-c2ccc(Oc3ccc(C(C)C)cc3)cc2)nn(-c2ccccc2)c1C(=O)OC. The van der Waals surface area contributed by atoms with Crippen molar-refractivity contribution in [2.24, 2.45) is 0 Å². The highest BCUT2D eigenvalue weighted by atomic mass is 16.5. The van der Waals surface area contributed by atoms with Crippen LogP contribution in [0.25, 0.3) is 16.9 Å². The van der Waals surface area contributed by atoms with Crippen LogP contribution in [0.15, 0.2) is 78.9 Å². The fourth-order valence-corrected chi connectivity index (χ4v) is 3.69. The van der Waals surface area contributed by atoms with Crippen LogP contribution in [0.3, 0.4) is 0 Å². The lowest BCUT2D eigenvalue weighted by Crippen LogP contribution is -2.15. The summed E-state index contributed by atoms with van der Waals surface area (Å²) in [6.45, 7) is 4.28. The molecule has 0 saturated heterocycles. The first-order chi connectivity index (χ1) is 16.9. The van der Waals surface area contributed by atoms with Crippen molar-refractivity contribution in [1.29, 1.82) is 0 Å². The van der Waals surface area contributed by atoms with Gasteiger partial charge in [-0.05, 0) is 60.0 Å². The summed E-state index contributed by atoms with van der Waals surface area (Å²) in [5.41, 5.74) is 2.78. The van der Waals surface area contributed by atoms with Crippen LogP contribution in [0.2, 0.25) is 0 Å². The third kappa shape index (κ3) is 4.94. The van der Waals surface area contributed by atoms with Gasteiger partial charge in [-0.15, -0.1) is 0 Å². The summed E-state index contributed by atoms with van der Waals surface area (Å²) < 4.78 is 17.3. The van der Waals surface area contributed by atoms with Crippen molar-refractivity contribution in [3.8, 4) is 28.4 Å². The molecule has 0 aliphatic heterocycles. The molecule has 0 spiro atoms. The van der Waals surface area contributed by atoms with Gasteiger partial charge in [-0.25, -0.2) is 14.3 Å². The van der Waals surface area contributed by atoms with Gasteiger partial charge in [0.1, 0.15) is 22.8 Å². The normalized spacial score (nSPS) is 10.8. The van der Waals surface area contributed by atoms with Crippen molar-refractivity contribution >= 4 is 11.9 Å². The predicted octanol–water partition coefficient (Wildman–Crippen LogP) is 6.03. The smallest absolute Gasteiger partial charge is 0.357 e. The average Bonchev–Trinajstić information content (AvgIpc) is 3.30. The Hall–Kier alpha value is -4.39. The maximum atomic E-state index is 12.8. The Kier molecular flexibility index (Phi) is 6.96. The van der Waals surface area contributed by atoms with Gasteiger partial charge in [0.25, 0.3) is 0 Å². The second-order valence-corrected chi connectivity index (χ2v) is 8.15. The molecular formula is C28H26N2O5. The largest absolute Gasteiger partial charge is 0.465 e. The summed E-state index contributed by atoms with van der Waals surface area (Å²) in [6, 6.07) is 24.1. The van der Waals surface area contributed by atoms with Crippen molar-refractivity contribution < 1.29 is 23.8 Å². The fraction of sp³-hybridized carbons (Fsp3) is 0.179. The van der Waals surface area contributed by atoms with Crippen LogP contribution < -0.4 is 4.74 Å². The van der Waals surface area contributed by atoms with E-state index >= 15 is 0 Å². The highest BCUT2D eigenvalue weighted by Crippen LogP contribution is 2.31. The highest BCUT2D eigenvalue weighted by molar-refractivity contribution is 6.06. The summed E-state index contributed by atoms with van der Waals surface area (Å²) in [5.74, 6) is 0.406. The number of hydrogen-bond donors (Lipinski definition) is 0. The first-order valence-electron chi connectivity index (χ1n) is 11.2. The van der Waals surface area contributed by atoms with Gasteiger partial charge < -0.3 is 14.2 Å². The second-order valence-electron chi connectivity index (χ2n) is 8.15. The number of benzene rings is 3. The lowest BCUT2D eigenvalue weighted by atomic mass is 10.0. The average molecular weight is 471 g/mol. The van der Waals surface area contributed by atoms with Gasteiger partial charge in [0.05, 0.1) is 19.9 Å². The van der Waals surface area contributed by atoms with E-state index in [0.717, 1.165) is 5.75 Å². The van der Waals surface area contributed by atoms with Gasteiger partial charge in [-0.2, -0.15) is 5.10 Å². The summed E-state index contributed by atoms with van der Waals surface area (Å²) in [5, 5.41) is 4.60. The number of aromatic nitrogens is 2. The summed E-state index contributed by atoms with van der Waals surface area (Å²) in [6.07, 6.45) is 0. The number of rotatable bonds is 7. The number of esters is 2. The van der Waals surface area contributed by atoms with Gasteiger partial charge >= 0.3 is 11.9 Å². The van der Waals surface area contributed by atoms with Gasteiger partial charge in [-0.1, -0.05) is 44.2 Å². The van der Waals surface area contributed by atoms with Crippen LogP contribution in [-0.4, -0.2) is 35.9 Å². The summed E-state index contributed by atoms with van der Waals surface area (Å²) in [4.78, 5) is 25.5. The maximum absolute atomic E-state index is 12.8. The van der Waals surface area contributed by atoms with Crippen molar-refractivity contribution in [3.63, 3.8) is 0 Å². The molecule has 1 heterocycles. The molecule has 0 unspecified atom stereocenters. The first kappa shape index (κ1) is 23.8. The quantitative estimate of drug-likeness (QED) is 0.307. The molecular weight excluding hydrogens is 444 g/mol. The second kappa shape index (κ2) is 10.3. The van der Waals surface area contributed by atoms with Crippen molar-refractivity contribution in [2.75, 3.05) is 14.2 Å². The van der Waals surface area contributed by atoms with E-state index in [4.69, 9.17) is 14.2 Å². The van der Waals surface area contributed by atoms with E-state index in [-0.39, 0.29) is 11.3 Å². The molecule has 0 N–H and O–H groups in total. The van der Waals surface area contributed by atoms with Gasteiger partial charge in [0.2, 0.25) is 0 Å². The standard InChI is InChI=1S/C28H26N2O5/c1-18(2)19-10-14-22(15-11-19)35-23-16-12-20(13-17-23)25-24(27(31)33-3)26(28(32)34-4)30(29-25)21-8-6-5-7-9-21/h5-18H,1-4H3. The molecule has 7 heteroatoms. The molecule has 7 nitrogen and oxygen atoms in total. The van der Waals surface area contributed by atoms with Crippen LogP contribution in [0.1, 0.15) is 46.2 Å². The van der Waals surface area contributed by atoms with E-state index in [9.17, 15) is 9.59 Å². The van der Waals surface area contributed by atoms with Crippen LogP contribution in [-0.2, 0) is 9.47 Å². The van der Waals surface area contributed by atoms with E-state index in [0.29, 0.717) is 28.6 Å². The molecule has 0 bridgehead atoms. The topological polar surface area (TPSA) is 79.7 Å². The summed E-state index contributed by atoms with van der Waals surface area (Å²) in [7, 11) is 2.51. The maximum Gasteiger partial charge on any atom is 0.357 e. The lowest BCUT2D eigenvalue weighted by Gasteiger charge is -2.09. The number of carbonyl (C=O) groups is 2. The molecule has 0 aliphatic rings. The Balaban J connectivity index is 1.74. The minimum absolute atomic E-state index is 0.00822. The number of ether oxygens (including phenoxy) is 3. The van der Waals surface area contributed by atoms with E-state index in [2.05, 4.69) is 18.9 Å². The van der Waals surface area contributed by atoms with Crippen LogP contribution in [0.4, 0.5) is 0 Å². The van der Waals surface area contributed by atoms with Gasteiger partial charge in [0, 0.05) is 5.56 Å². The molecule has 4 aromatic rings. The molecule has 35 heavy (non-hydrogen) atoms. The molecule has 0 amide bonds. The molecule has 0 fully saturated rings. The van der Waals surface area contributed by atoms with Gasteiger partial charge in [-0.3, -0.25) is 0 Å². The monoisotopic (exact) mass is 470 g/mol. The van der Waals surface area contributed by atoms with Crippen LogP contribution in [0.5, 0.6) is 11.5 Å². The van der Waals surface area contributed by atoms with E-state index in [1.54, 1.807) is 36.4 Å². The van der Waals surface area contributed by atoms with Crippen LogP contribution >= 0.6 is 0 Å². The minimum Gasteiger partial charge on any atom is -0.465 e. The predicted molar refractivity (Wildman–Crippen MR) is 132 cm³/mol. The molecule has 4 rings (SSSR count).